The molecular formula is C19H17F3N4O3S2. The highest BCUT2D eigenvalue weighted by atomic mass is 32.2. The molecule has 3 aromatic rings. The first-order valence-electron chi connectivity index (χ1n) is 8.74. The van der Waals surface area contributed by atoms with E-state index in [-0.39, 0.29) is 17.8 Å². The fourth-order valence-electron chi connectivity index (χ4n) is 2.56. The number of benzene rings is 1. The molecule has 0 bridgehead atoms. The molecule has 3 N–H and O–H groups in total. The lowest BCUT2D eigenvalue weighted by molar-refractivity contribution is -0.141. The molecule has 0 fully saturated rings. The van der Waals surface area contributed by atoms with Gasteiger partial charge in [-0.1, -0.05) is 12.1 Å². The van der Waals surface area contributed by atoms with Crippen LogP contribution in [-0.2, 0) is 22.7 Å². The maximum atomic E-state index is 12.8. The van der Waals surface area contributed by atoms with E-state index in [1.165, 1.54) is 17.4 Å². The van der Waals surface area contributed by atoms with Gasteiger partial charge in [-0.15, -0.1) is 11.3 Å². The third kappa shape index (κ3) is 6.43. The van der Waals surface area contributed by atoms with Gasteiger partial charge < -0.3 is 10.6 Å². The van der Waals surface area contributed by atoms with Crippen molar-refractivity contribution >= 4 is 43.6 Å². The smallest absolute Gasteiger partial charge is 0.348 e. The Morgan fingerprint density at radius 3 is 2.45 bits per heavy atom. The van der Waals surface area contributed by atoms with E-state index in [0.717, 1.165) is 24.1 Å². The Hall–Kier alpha value is -3.12. The van der Waals surface area contributed by atoms with Crippen molar-refractivity contribution in [2.75, 3.05) is 16.3 Å². The molecule has 0 aliphatic carbocycles. The van der Waals surface area contributed by atoms with E-state index in [1.807, 2.05) is 0 Å². The number of carbonyl (C=O) groups excluding carboxylic acids is 1. The molecular weight excluding hydrogens is 453 g/mol. The molecule has 3 rings (SSSR count). The minimum Gasteiger partial charge on any atom is -0.348 e. The van der Waals surface area contributed by atoms with Crippen LogP contribution in [0.4, 0.5) is 29.5 Å². The largest absolute Gasteiger partial charge is 0.433 e. The first-order chi connectivity index (χ1) is 14.5. The standard InChI is InChI=1S/C19H17F3N4O3S2/c1-31(28,29)26-13-4-2-12(3-5-13)11-24-17(27)15-7-9-30-18(15)25-14-6-8-23-16(10-14)19(20,21)22/h2-10,26H,11H2,1H3,(H,23,25)(H,24,27). The number of thiophene rings is 1. The van der Waals surface area contributed by atoms with Crippen molar-refractivity contribution < 1.29 is 26.4 Å². The molecule has 12 heteroatoms. The first kappa shape index (κ1) is 22.6. The number of hydrogen-bond donors (Lipinski definition) is 3. The van der Waals surface area contributed by atoms with Crippen molar-refractivity contribution in [3.05, 3.63) is 70.9 Å². The minimum absolute atomic E-state index is 0.160. The Morgan fingerprint density at radius 2 is 1.81 bits per heavy atom. The predicted molar refractivity (Wildman–Crippen MR) is 113 cm³/mol. The van der Waals surface area contributed by atoms with Crippen LogP contribution in [0.2, 0.25) is 0 Å². The lowest BCUT2D eigenvalue weighted by Crippen LogP contribution is -2.23. The molecule has 0 spiro atoms. The van der Waals surface area contributed by atoms with Crippen LogP contribution in [0, 0.1) is 0 Å². The number of aromatic nitrogens is 1. The highest BCUT2D eigenvalue weighted by Crippen LogP contribution is 2.31. The number of sulfonamides is 1. The number of carbonyl (C=O) groups is 1. The summed E-state index contributed by atoms with van der Waals surface area (Å²) in [7, 11) is -3.38. The van der Waals surface area contributed by atoms with Gasteiger partial charge in [0.2, 0.25) is 10.0 Å². The Bertz CT molecular complexity index is 1180. The van der Waals surface area contributed by atoms with Crippen molar-refractivity contribution in [1.82, 2.24) is 10.3 Å². The lowest BCUT2D eigenvalue weighted by atomic mass is 10.2. The second-order valence-corrected chi connectivity index (χ2v) is 9.13. The molecule has 0 unspecified atom stereocenters. The molecule has 0 atom stereocenters. The monoisotopic (exact) mass is 470 g/mol. The SMILES string of the molecule is CS(=O)(=O)Nc1ccc(CNC(=O)c2ccsc2Nc2ccnc(C(F)(F)F)c2)cc1. The molecule has 0 aliphatic rings. The average Bonchev–Trinajstić information content (AvgIpc) is 3.14. The van der Waals surface area contributed by atoms with Crippen molar-refractivity contribution in [3.63, 3.8) is 0 Å². The Morgan fingerprint density at radius 1 is 1.10 bits per heavy atom. The van der Waals surface area contributed by atoms with Crippen LogP contribution in [0.5, 0.6) is 0 Å². The van der Waals surface area contributed by atoms with Crippen LogP contribution in [-0.4, -0.2) is 25.6 Å². The molecule has 0 saturated heterocycles. The van der Waals surface area contributed by atoms with Crippen molar-refractivity contribution in [1.29, 1.82) is 0 Å². The lowest BCUT2D eigenvalue weighted by Gasteiger charge is -2.11. The van der Waals surface area contributed by atoms with Gasteiger partial charge in [-0.25, -0.2) is 8.42 Å². The maximum Gasteiger partial charge on any atom is 0.433 e. The van der Waals surface area contributed by atoms with Gasteiger partial charge in [-0.05, 0) is 41.3 Å². The number of anilines is 3. The number of hydrogen-bond acceptors (Lipinski definition) is 6. The van der Waals surface area contributed by atoms with E-state index in [9.17, 15) is 26.4 Å². The number of pyridine rings is 1. The molecule has 0 saturated carbocycles. The molecule has 2 heterocycles. The van der Waals surface area contributed by atoms with Crippen LogP contribution in [0.1, 0.15) is 21.6 Å². The molecule has 164 valence electrons. The second-order valence-electron chi connectivity index (χ2n) is 6.47. The van der Waals surface area contributed by atoms with E-state index in [1.54, 1.807) is 35.7 Å². The molecule has 1 amide bonds. The Kier molecular flexibility index (Phi) is 6.51. The number of alkyl halides is 3. The van der Waals surface area contributed by atoms with Gasteiger partial charge in [-0.3, -0.25) is 14.5 Å². The number of halogens is 3. The van der Waals surface area contributed by atoms with Gasteiger partial charge in [0.25, 0.3) is 5.91 Å². The van der Waals surface area contributed by atoms with Crippen molar-refractivity contribution in [2.24, 2.45) is 0 Å². The molecule has 1 aromatic carbocycles. The Labute approximate surface area is 180 Å². The summed E-state index contributed by atoms with van der Waals surface area (Å²) in [6.07, 6.45) is -2.48. The number of rotatable bonds is 7. The van der Waals surface area contributed by atoms with Crippen LogP contribution >= 0.6 is 11.3 Å². The molecule has 2 aromatic heterocycles. The Balaban J connectivity index is 1.65. The van der Waals surface area contributed by atoms with Crippen LogP contribution in [0.3, 0.4) is 0 Å². The van der Waals surface area contributed by atoms with Gasteiger partial charge in [0.1, 0.15) is 10.7 Å². The average molecular weight is 470 g/mol. The van der Waals surface area contributed by atoms with E-state index in [0.29, 0.717) is 10.7 Å². The van der Waals surface area contributed by atoms with Crippen LogP contribution < -0.4 is 15.4 Å². The number of nitrogens with one attached hydrogen (secondary N) is 3. The highest BCUT2D eigenvalue weighted by Gasteiger charge is 2.32. The van der Waals surface area contributed by atoms with Gasteiger partial charge in [0.05, 0.1) is 11.8 Å². The zero-order valence-electron chi connectivity index (χ0n) is 16.0. The van der Waals surface area contributed by atoms with Gasteiger partial charge in [0.15, 0.2) is 0 Å². The summed E-state index contributed by atoms with van der Waals surface area (Å²) >= 11 is 1.18. The first-order valence-corrected chi connectivity index (χ1v) is 11.5. The van der Waals surface area contributed by atoms with Crippen molar-refractivity contribution in [2.45, 2.75) is 12.7 Å². The van der Waals surface area contributed by atoms with Gasteiger partial charge >= 0.3 is 6.18 Å². The summed E-state index contributed by atoms with van der Waals surface area (Å²) in [5, 5.41) is 7.59. The van der Waals surface area contributed by atoms with Crippen LogP contribution in [0.15, 0.2) is 54.0 Å². The maximum absolute atomic E-state index is 12.8. The molecule has 0 aliphatic heterocycles. The fourth-order valence-corrected chi connectivity index (χ4v) is 3.93. The summed E-state index contributed by atoms with van der Waals surface area (Å²) in [4.78, 5) is 15.8. The van der Waals surface area contributed by atoms with Crippen LogP contribution in [0.25, 0.3) is 0 Å². The number of nitrogens with zero attached hydrogens (tertiary/aromatic N) is 1. The fraction of sp³-hybridized carbons (Fsp3) is 0.158. The second kappa shape index (κ2) is 8.94. The molecule has 0 radical (unpaired) electrons. The minimum atomic E-state index is -4.57. The number of amides is 1. The van der Waals surface area contributed by atoms with Crippen molar-refractivity contribution in [3.8, 4) is 0 Å². The summed E-state index contributed by atoms with van der Waals surface area (Å²) in [6.45, 7) is 0.181. The normalized spacial score (nSPS) is 11.7. The summed E-state index contributed by atoms with van der Waals surface area (Å²) in [6, 6.07) is 10.3. The summed E-state index contributed by atoms with van der Waals surface area (Å²) in [5.74, 6) is -0.410. The third-order valence-corrected chi connectivity index (χ3v) is 5.36. The third-order valence-electron chi connectivity index (χ3n) is 3.93. The van der Waals surface area contributed by atoms with Gasteiger partial charge in [0, 0.05) is 24.1 Å². The quantitative estimate of drug-likeness (QED) is 0.480. The zero-order valence-corrected chi connectivity index (χ0v) is 17.7. The van der Waals surface area contributed by atoms with E-state index in [2.05, 4.69) is 20.3 Å². The topological polar surface area (TPSA) is 100 Å². The van der Waals surface area contributed by atoms with E-state index >= 15 is 0 Å². The molecule has 31 heavy (non-hydrogen) atoms. The highest BCUT2D eigenvalue weighted by molar-refractivity contribution is 7.92. The molecule has 7 nitrogen and oxygen atoms in total. The van der Waals surface area contributed by atoms with E-state index in [4.69, 9.17) is 0 Å². The van der Waals surface area contributed by atoms with E-state index < -0.39 is 27.8 Å². The zero-order chi connectivity index (χ0) is 22.6. The predicted octanol–water partition coefficient (Wildman–Crippen LogP) is 4.21. The summed E-state index contributed by atoms with van der Waals surface area (Å²) in [5.41, 5.74) is 0.547. The summed E-state index contributed by atoms with van der Waals surface area (Å²) < 4.78 is 63.3. The van der Waals surface area contributed by atoms with Gasteiger partial charge in [-0.2, -0.15) is 13.2 Å².